The topological polar surface area (TPSA) is 55.8 Å². The molecule has 2 saturated heterocycles. The van der Waals surface area contributed by atoms with Crippen LogP contribution in [0.2, 0.25) is 0 Å². The molecule has 0 aromatic heterocycles. The highest BCUT2D eigenvalue weighted by atomic mass is 32.2. The van der Waals surface area contributed by atoms with E-state index in [0.717, 1.165) is 39.3 Å². The van der Waals surface area contributed by atoms with Crippen molar-refractivity contribution in [3.8, 4) is 0 Å². The Balaban J connectivity index is 0.000000475. The summed E-state index contributed by atoms with van der Waals surface area (Å²) in [5.41, 5.74) is 2.76. The van der Waals surface area contributed by atoms with Crippen molar-refractivity contribution in [3.63, 3.8) is 0 Å². The zero-order valence-electron chi connectivity index (χ0n) is 22.2. The molecule has 5 nitrogen and oxygen atoms in total. The third kappa shape index (κ3) is 15.9. The molecule has 0 aliphatic carbocycles. The molecule has 1 unspecified atom stereocenters. The average molecular weight is 500 g/mol. The fourth-order valence-electron chi connectivity index (χ4n) is 3.54. The highest BCUT2D eigenvalue weighted by Crippen LogP contribution is 2.15. The third-order valence-electron chi connectivity index (χ3n) is 5.56. The van der Waals surface area contributed by atoms with E-state index < -0.39 is 9.84 Å². The molecular formula is C28H53NO4S. The maximum absolute atomic E-state index is 11.1. The number of hydrogen-bond donors (Lipinski definition) is 0. The second-order valence-corrected chi connectivity index (χ2v) is 12.7. The van der Waals surface area contributed by atoms with Crippen molar-refractivity contribution in [3.05, 3.63) is 35.4 Å². The second-order valence-electron chi connectivity index (χ2n) is 10.4. The Morgan fingerprint density at radius 1 is 0.971 bits per heavy atom. The lowest BCUT2D eigenvalue weighted by Crippen LogP contribution is -2.41. The standard InChI is InChI=1S/C10H14.C9H18O2.C8H17NO2S.CH4/c1-8(2)10-6-4-9(3)5-7-10;1-8(2)7-11-9-5-3-4-6-10-9;1-8(2)7-9-3-5-12(10,11)6-4-9;/h4-8H,1-3H3;8-9H,3-7H2,1-2H3;8H,3-7H2,1-2H3;1H4. The number of hydrogen-bond acceptors (Lipinski definition) is 5. The van der Waals surface area contributed by atoms with Crippen molar-refractivity contribution < 1.29 is 17.9 Å². The molecule has 0 spiro atoms. The fourth-order valence-corrected chi connectivity index (χ4v) is 4.82. The van der Waals surface area contributed by atoms with Crippen LogP contribution in [0.15, 0.2) is 24.3 Å². The quantitative estimate of drug-likeness (QED) is 0.459. The van der Waals surface area contributed by atoms with Crippen molar-refractivity contribution in [2.45, 2.75) is 87.4 Å². The van der Waals surface area contributed by atoms with Gasteiger partial charge in [0.25, 0.3) is 0 Å². The van der Waals surface area contributed by atoms with Crippen LogP contribution < -0.4 is 0 Å². The number of aryl methyl sites for hydroxylation is 1. The van der Waals surface area contributed by atoms with Crippen LogP contribution in [-0.4, -0.2) is 64.0 Å². The van der Waals surface area contributed by atoms with Crippen LogP contribution in [0.4, 0.5) is 0 Å². The fraction of sp³-hybridized carbons (Fsp3) is 0.786. The summed E-state index contributed by atoms with van der Waals surface area (Å²) in [6.07, 6.45) is 3.61. The SMILES string of the molecule is C.CC(C)CN1CCS(=O)(=O)CC1.CC(C)COC1CCCCO1.Cc1ccc(C(C)C)cc1. The number of nitrogens with zero attached hydrogens (tertiary/aromatic N) is 1. The Bertz CT molecular complexity index is 709. The zero-order valence-corrected chi connectivity index (χ0v) is 23.0. The first kappa shape index (κ1) is 33.0. The monoisotopic (exact) mass is 499 g/mol. The lowest BCUT2D eigenvalue weighted by Gasteiger charge is -2.27. The number of benzene rings is 1. The molecule has 1 aromatic carbocycles. The molecule has 2 aliphatic heterocycles. The Labute approximate surface area is 211 Å². The van der Waals surface area contributed by atoms with E-state index in [1.54, 1.807) is 0 Å². The Kier molecular flexibility index (Phi) is 17.0. The highest BCUT2D eigenvalue weighted by molar-refractivity contribution is 7.91. The molecule has 200 valence electrons. The van der Waals surface area contributed by atoms with E-state index in [9.17, 15) is 8.42 Å². The smallest absolute Gasteiger partial charge is 0.157 e. The molecule has 0 radical (unpaired) electrons. The van der Waals surface area contributed by atoms with Crippen LogP contribution in [0.1, 0.15) is 85.3 Å². The van der Waals surface area contributed by atoms with E-state index in [1.807, 2.05) is 0 Å². The third-order valence-corrected chi connectivity index (χ3v) is 7.17. The Morgan fingerprint density at radius 3 is 2.00 bits per heavy atom. The lowest BCUT2D eigenvalue weighted by molar-refractivity contribution is -0.167. The minimum atomic E-state index is -2.69. The van der Waals surface area contributed by atoms with Crippen molar-refractivity contribution in [2.24, 2.45) is 11.8 Å². The van der Waals surface area contributed by atoms with E-state index in [2.05, 4.69) is 77.6 Å². The van der Waals surface area contributed by atoms with Gasteiger partial charge in [0, 0.05) is 26.2 Å². The van der Waals surface area contributed by atoms with Crippen LogP contribution in [0.25, 0.3) is 0 Å². The maximum Gasteiger partial charge on any atom is 0.157 e. The van der Waals surface area contributed by atoms with E-state index in [1.165, 1.54) is 24.0 Å². The van der Waals surface area contributed by atoms with Crippen LogP contribution in [-0.2, 0) is 19.3 Å². The molecule has 3 rings (SSSR count). The van der Waals surface area contributed by atoms with Gasteiger partial charge in [-0.25, -0.2) is 8.42 Å². The minimum Gasteiger partial charge on any atom is -0.353 e. The lowest BCUT2D eigenvalue weighted by atomic mass is 10.0. The largest absolute Gasteiger partial charge is 0.353 e. The molecular weight excluding hydrogens is 446 g/mol. The average Bonchev–Trinajstić information content (AvgIpc) is 2.75. The predicted octanol–water partition coefficient (Wildman–Crippen LogP) is 6.31. The van der Waals surface area contributed by atoms with E-state index >= 15 is 0 Å². The van der Waals surface area contributed by atoms with Gasteiger partial charge in [-0.2, -0.15) is 0 Å². The molecule has 2 aliphatic rings. The molecule has 1 atom stereocenters. The van der Waals surface area contributed by atoms with Gasteiger partial charge in [0.2, 0.25) is 0 Å². The molecule has 0 amide bonds. The van der Waals surface area contributed by atoms with Gasteiger partial charge in [-0.15, -0.1) is 0 Å². The van der Waals surface area contributed by atoms with Crippen LogP contribution in [0.5, 0.6) is 0 Å². The summed E-state index contributed by atoms with van der Waals surface area (Å²) in [5.74, 6) is 2.59. The van der Waals surface area contributed by atoms with Gasteiger partial charge in [0.15, 0.2) is 16.1 Å². The molecule has 34 heavy (non-hydrogen) atoms. The van der Waals surface area contributed by atoms with E-state index in [-0.39, 0.29) is 13.7 Å². The van der Waals surface area contributed by atoms with Gasteiger partial charge >= 0.3 is 0 Å². The number of sulfone groups is 1. The normalized spacial score (nSPS) is 20.1. The first-order valence-electron chi connectivity index (χ1n) is 12.7. The molecule has 6 heteroatoms. The Morgan fingerprint density at radius 2 is 1.56 bits per heavy atom. The summed E-state index contributed by atoms with van der Waals surface area (Å²) in [6.45, 7) is 19.3. The molecule has 0 N–H and O–H groups in total. The molecule has 2 fully saturated rings. The Hall–Kier alpha value is -0.950. The van der Waals surface area contributed by atoms with Gasteiger partial charge in [-0.3, -0.25) is 0 Å². The van der Waals surface area contributed by atoms with Gasteiger partial charge in [-0.1, -0.05) is 78.8 Å². The summed E-state index contributed by atoms with van der Waals surface area (Å²) >= 11 is 0. The van der Waals surface area contributed by atoms with Gasteiger partial charge in [-0.05, 0) is 49.5 Å². The second kappa shape index (κ2) is 17.5. The van der Waals surface area contributed by atoms with Gasteiger partial charge < -0.3 is 14.4 Å². The first-order valence-corrected chi connectivity index (χ1v) is 14.5. The predicted molar refractivity (Wildman–Crippen MR) is 146 cm³/mol. The van der Waals surface area contributed by atoms with Crippen LogP contribution in [0, 0.1) is 18.8 Å². The number of rotatable bonds is 6. The van der Waals surface area contributed by atoms with Crippen molar-refractivity contribution in [1.82, 2.24) is 4.90 Å². The summed E-state index contributed by atoms with van der Waals surface area (Å²) in [7, 11) is -2.69. The van der Waals surface area contributed by atoms with Crippen LogP contribution >= 0.6 is 0 Å². The van der Waals surface area contributed by atoms with Crippen molar-refractivity contribution in [2.75, 3.05) is 44.4 Å². The zero-order chi connectivity index (χ0) is 24.9. The molecule has 2 heterocycles. The molecule has 0 bridgehead atoms. The first-order chi connectivity index (χ1) is 15.5. The summed E-state index contributed by atoms with van der Waals surface area (Å²) in [5, 5.41) is 0. The highest BCUT2D eigenvalue weighted by Gasteiger charge is 2.21. The molecule has 0 saturated carbocycles. The van der Waals surface area contributed by atoms with Gasteiger partial charge in [0.05, 0.1) is 18.1 Å². The summed E-state index contributed by atoms with van der Waals surface area (Å²) < 4.78 is 33.0. The van der Waals surface area contributed by atoms with E-state index in [4.69, 9.17) is 9.47 Å². The van der Waals surface area contributed by atoms with Crippen molar-refractivity contribution in [1.29, 1.82) is 0 Å². The van der Waals surface area contributed by atoms with Crippen molar-refractivity contribution >= 4 is 9.84 Å². The summed E-state index contributed by atoms with van der Waals surface area (Å²) in [6, 6.07) is 8.71. The van der Waals surface area contributed by atoms with Crippen LogP contribution in [0.3, 0.4) is 0 Å². The van der Waals surface area contributed by atoms with E-state index in [0.29, 0.717) is 29.3 Å². The van der Waals surface area contributed by atoms with Gasteiger partial charge in [0.1, 0.15) is 0 Å². The minimum absolute atomic E-state index is 0. The summed E-state index contributed by atoms with van der Waals surface area (Å²) in [4.78, 5) is 2.23. The molecule has 1 aromatic rings. The number of ether oxygens (including phenoxy) is 2. The maximum atomic E-state index is 11.1.